The molecule has 2 aliphatic carbocycles. The van der Waals surface area contributed by atoms with Crippen LogP contribution in [0.1, 0.15) is 62.0 Å². The Morgan fingerprint density at radius 1 is 0.971 bits per heavy atom. The van der Waals surface area contributed by atoms with Gasteiger partial charge in [0.05, 0.1) is 0 Å². The number of carbonyl (C=O) groups excluding carboxylic acids is 2. The summed E-state index contributed by atoms with van der Waals surface area (Å²) >= 11 is 0. The van der Waals surface area contributed by atoms with Gasteiger partial charge in [0, 0.05) is 12.0 Å². The number of fused-ring (bicyclic) bond motifs is 5. The van der Waals surface area contributed by atoms with Crippen molar-refractivity contribution >= 4 is 18.0 Å². The van der Waals surface area contributed by atoms with E-state index in [1.165, 1.54) is 0 Å². The molecule has 2 N–H and O–H groups in total. The van der Waals surface area contributed by atoms with Crippen molar-refractivity contribution in [3.05, 3.63) is 59.7 Å². The summed E-state index contributed by atoms with van der Waals surface area (Å²) in [4.78, 5) is 40.4. The van der Waals surface area contributed by atoms with Gasteiger partial charge in [-0.1, -0.05) is 55.0 Å². The fraction of sp³-hybridized carbons (Fsp3) is 0.464. The number of aliphatic carboxylic acids is 1. The maximum atomic E-state index is 13.7. The van der Waals surface area contributed by atoms with E-state index in [1.807, 2.05) is 24.3 Å². The molecule has 0 spiro atoms. The second kappa shape index (κ2) is 8.40. The first kappa shape index (κ1) is 22.1. The first-order chi connectivity index (χ1) is 17.0. The highest BCUT2D eigenvalue weighted by Gasteiger charge is 2.60. The van der Waals surface area contributed by atoms with Crippen molar-refractivity contribution in [3.8, 4) is 11.1 Å². The molecule has 0 aromatic heterocycles. The van der Waals surface area contributed by atoms with Crippen molar-refractivity contribution in [3.63, 3.8) is 0 Å². The number of nitrogens with zero attached hydrogens (tertiary/aromatic N) is 1. The van der Waals surface area contributed by atoms with Gasteiger partial charge in [0.2, 0.25) is 5.91 Å². The van der Waals surface area contributed by atoms with E-state index in [9.17, 15) is 19.5 Å². The molecule has 6 rings (SSSR count). The number of alkyl carbamates (subject to hydrolysis) is 1. The van der Waals surface area contributed by atoms with E-state index < -0.39 is 23.6 Å². The van der Waals surface area contributed by atoms with Crippen molar-refractivity contribution in [2.45, 2.75) is 68.5 Å². The third-order valence-electron chi connectivity index (χ3n) is 8.75. The molecule has 7 heteroatoms. The predicted octanol–water partition coefficient (Wildman–Crippen LogP) is 4.30. The van der Waals surface area contributed by atoms with Gasteiger partial charge < -0.3 is 20.1 Å². The minimum Gasteiger partial charge on any atom is -0.479 e. The van der Waals surface area contributed by atoms with Crippen molar-refractivity contribution in [1.29, 1.82) is 0 Å². The van der Waals surface area contributed by atoms with Crippen molar-refractivity contribution in [1.82, 2.24) is 10.2 Å². The van der Waals surface area contributed by atoms with Gasteiger partial charge in [-0.2, -0.15) is 0 Å². The van der Waals surface area contributed by atoms with Gasteiger partial charge in [-0.3, -0.25) is 4.79 Å². The van der Waals surface area contributed by atoms with Gasteiger partial charge in [0.25, 0.3) is 0 Å². The molecular formula is C28H30N2O5. The van der Waals surface area contributed by atoms with Crippen LogP contribution in [-0.2, 0) is 14.3 Å². The lowest BCUT2D eigenvalue weighted by Gasteiger charge is -2.39. The lowest BCUT2D eigenvalue weighted by Crippen LogP contribution is -2.59. The number of carboxylic acid groups (broad SMARTS) is 1. The average Bonchev–Trinajstić information content (AvgIpc) is 3.50. The Morgan fingerprint density at radius 3 is 2.11 bits per heavy atom. The molecule has 7 nitrogen and oxygen atoms in total. The van der Waals surface area contributed by atoms with E-state index in [0.29, 0.717) is 25.7 Å². The highest BCUT2D eigenvalue weighted by Crippen LogP contribution is 2.48. The molecule has 2 amide bonds. The summed E-state index contributed by atoms with van der Waals surface area (Å²) < 4.78 is 5.71. The zero-order chi connectivity index (χ0) is 24.2. The van der Waals surface area contributed by atoms with Crippen LogP contribution in [0.2, 0.25) is 0 Å². The zero-order valence-corrected chi connectivity index (χ0v) is 19.6. The number of hydrogen-bond acceptors (Lipinski definition) is 4. The standard InChI is InChI=1S/C28H30N2O5/c31-25(30-18-12-14-28(30,15-13-18)26(32)33)24(17-6-5-7-17)29-27(34)35-16-23-21-10-3-1-8-19(21)20-9-2-4-11-22(20)23/h1-4,8-11,17-18,23-24H,5-7,12-16H2,(H,29,34)(H,32,33). The smallest absolute Gasteiger partial charge is 0.407 e. The van der Waals surface area contributed by atoms with E-state index in [0.717, 1.165) is 41.5 Å². The normalized spacial score (nSPS) is 25.5. The quantitative estimate of drug-likeness (QED) is 0.651. The Kier molecular flexibility index (Phi) is 5.31. The molecule has 2 saturated heterocycles. The Labute approximate surface area is 204 Å². The maximum Gasteiger partial charge on any atom is 0.407 e. The van der Waals surface area contributed by atoms with Crippen molar-refractivity contribution in [2.24, 2.45) is 5.92 Å². The second-order valence-electron chi connectivity index (χ2n) is 10.4. The highest BCUT2D eigenvalue weighted by atomic mass is 16.5. The summed E-state index contributed by atoms with van der Waals surface area (Å²) in [5.74, 6) is -1.23. The first-order valence-electron chi connectivity index (χ1n) is 12.7. The summed E-state index contributed by atoms with van der Waals surface area (Å²) in [6.45, 7) is 0.177. The van der Waals surface area contributed by atoms with Crippen molar-refractivity contribution in [2.75, 3.05) is 6.61 Å². The van der Waals surface area contributed by atoms with Crippen LogP contribution in [0.4, 0.5) is 4.79 Å². The van der Waals surface area contributed by atoms with Crippen LogP contribution in [0.3, 0.4) is 0 Å². The number of hydrogen-bond donors (Lipinski definition) is 2. The molecule has 2 aliphatic heterocycles. The Morgan fingerprint density at radius 2 is 1.57 bits per heavy atom. The minimum absolute atomic E-state index is 0.0221. The molecule has 1 saturated carbocycles. The number of ether oxygens (including phenoxy) is 1. The van der Waals surface area contributed by atoms with Crippen LogP contribution >= 0.6 is 0 Å². The van der Waals surface area contributed by atoms with Gasteiger partial charge in [-0.15, -0.1) is 0 Å². The third kappa shape index (κ3) is 3.43. The third-order valence-corrected chi connectivity index (χ3v) is 8.75. The summed E-state index contributed by atoms with van der Waals surface area (Å²) in [6, 6.07) is 15.5. The molecule has 182 valence electrons. The second-order valence-corrected chi connectivity index (χ2v) is 10.4. The number of benzene rings is 2. The maximum absolute atomic E-state index is 13.7. The topological polar surface area (TPSA) is 95.9 Å². The fourth-order valence-electron chi connectivity index (χ4n) is 6.71. The molecule has 2 aromatic rings. The summed E-state index contributed by atoms with van der Waals surface area (Å²) in [7, 11) is 0. The Bertz CT molecular complexity index is 1140. The summed E-state index contributed by atoms with van der Waals surface area (Å²) in [5, 5.41) is 12.8. The van der Waals surface area contributed by atoms with Gasteiger partial charge in [0.1, 0.15) is 18.2 Å². The monoisotopic (exact) mass is 474 g/mol. The van der Waals surface area contributed by atoms with Gasteiger partial charge in [-0.05, 0) is 66.7 Å². The van der Waals surface area contributed by atoms with E-state index in [1.54, 1.807) is 4.90 Å². The Balaban J connectivity index is 1.18. The lowest BCUT2D eigenvalue weighted by molar-refractivity contribution is -0.157. The minimum atomic E-state index is -1.12. The molecular weight excluding hydrogens is 444 g/mol. The van der Waals surface area contributed by atoms with Gasteiger partial charge in [0.15, 0.2) is 0 Å². The fourth-order valence-corrected chi connectivity index (χ4v) is 6.71. The molecule has 2 heterocycles. The lowest BCUT2D eigenvalue weighted by atomic mass is 9.79. The summed E-state index contributed by atoms with van der Waals surface area (Å²) in [5.41, 5.74) is 3.45. The molecule has 0 radical (unpaired) electrons. The molecule has 2 bridgehead atoms. The first-order valence-corrected chi connectivity index (χ1v) is 12.7. The molecule has 3 fully saturated rings. The molecule has 4 aliphatic rings. The van der Waals surface area contributed by atoms with Gasteiger partial charge in [-0.25, -0.2) is 9.59 Å². The van der Waals surface area contributed by atoms with Gasteiger partial charge >= 0.3 is 12.1 Å². The van der Waals surface area contributed by atoms with Crippen LogP contribution in [0.25, 0.3) is 11.1 Å². The molecule has 35 heavy (non-hydrogen) atoms. The Hall–Kier alpha value is -3.35. The van der Waals surface area contributed by atoms with Crippen LogP contribution in [0, 0.1) is 5.92 Å². The highest BCUT2D eigenvalue weighted by molar-refractivity contribution is 5.93. The number of rotatable bonds is 6. The van der Waals surface area contributed by atoms with Crippen LogP contribution in [0.5, 0.6) is 0 Å². The van der Waals surface area contributed by atoms with E-state index >= 15 is 0 Å². The zero-order valence-electron chi connectivity index (χ0n) is 19.6. The number of carbonyl (C=O) groups is 3. The van der Waals surface area contributed by atoms with E-state index in [4.69, 9.17) is 4.74 Å². The average molecular weight is 475 g/mol. The van der Waals surface area contributed by atoms with E-state index in [2.05, 4.69) is 29.6 Å². The molecule has 1 unspecified atom stereocenters. The van der Waals surface area contributed by atoms with Crippen LogP contribution in [-0.4, -0.2) is 52.2 Å². The largest absolute Gasteiger partial charge is 0.479 e. The van der Waals surface area contributed by atoms with Crippen LogP contribution in [0.15, 0.2) is 48.5 Å². The number of carboxylic acids is 1. The van der Waals surface area contributed by atoms with Crippen LogP contribution < -0.4 is 5.32 Å². The number of nitrogens with one attached hydrogen (secondary N) is 1. The summed E-state index contributed by atoms with van der Waals surface area (Å²) in [6.07, 6.45) is 4.47. The predicted molar refractivity (Wildman–Crippen MR) is 129 cm³/mol. The SMILES string of the molecule is O=C(NC(C(=O)N1C2CCC1(C(=O)O)CC2)C1CCC1)OCC1c2ccccc2-c2ccccc21. The molecule has 2 aromatic carbocycles. The molecule has 1 atom stereocenters. The van der Waals surface area contributed by atoms with E-state index in [-0.39, 0.29) is 30.4 Å². The number of amides is 2. The van der Waals surface area contributed by atoms with Crippen molar-refractivity contribution < 1.29 is 24.2 Å².